The molecule has 0 aliphatic carbocycles. The predicted molar refractivity (Wildman–Crippen MR) is 107 cm³/mol. The van der Waals surface area contributed by atoms with Crippen LogP contribution in [0.3, 0.4) is 0 Å². The molecule has 0 saturated carbocycles. The topological polar surface area (TPSA) is 113 Å². The Morgan fingerprint density at radius 1 is 1.21 bits per heavy atom. The van der Waals surface area contributed by atoms with Gasteiger partial charge >= 0.3 is 0 Å². The van der Waals surface area contributed by atoms with Crippen molar-refractivity contribution in [2.45, 2.75) is 11.6 Å². The van der Waals surface area contributed by atoms with Crippen LogP contribution in [0.1, 0.15) is 0 Å². The number of imidazole rings is 1. The van der Waals surface area contributed by atoms with E-state index in [2.05, 4.69) is 19.9 Å². The Balaban J connectivity index is 1.51. The number of rotatable bonds is 6. The molecule has 3 heterocycles. The summed E-state index contributed by atoms with van der Waals surface area (Å²) in [6.45, 7) is 2.72. The minimum atomic E-state index is -3.56. The fourth-order valence-corrected chi connectivity index (χ4v) is 4.72. The van der Waals surface area contributed by atoms with Crippen LogP contribution in [0, 0.1) is 0 Å². The standard InChI is InChI=1S/C18H22N6O4S/c1-28-9-8-23-13-21-16-10-14(2-3-15(16)18(23)25)22-4-6-24(7-5-22)29(26,27)17-11-19-12-20-17/h2-3,10-13H,4-9H2,1H3,(H,19,20). The molecule has 1 fully saturated rings. The number of aromatic nitrogens is 4. The maximum atomic E-state index is 12.6. The zero-order valence-corrected chi connectivity index (χ0v) is 16.8. The molecule has 0 atom stereocenters. The molecule has 1 saturated heterocycles. The third-order valence-corrected chi connectivity index (χ3v) is 6.86. The number of fused-ring (bicyclic) bond motifs is 1. The van der Waals surface area contributed by atoms with Gasteiger partial charge in [0.2, 0.25) is 0 Å². The second kappa shape index (κ2) is 7.93. The highest BCUT2D eigenvalue weighted by Gasteiger charge is 2.29. The smallest absolute Gasteiger partial charge is 0.261 e. The minimum Gasteiger partial charge on any atom is -0.383 e. The Bertz CT molecular complexity index is 1150. The Labute approximate surface area is 167 Å². The minimum absolute atomic E-state index is 0.102. The van der Waals surface area contributed by atoms with Crippen molar-refractivity contribution in [1.82, 2.24) is 23.8 Å². The van der Waals surface area contributed by atoms with Crippen molar-refractivity contribution in [2.24, 2.45) is 0 Å². The normalized spacial score (nSPS) is 15.8. The number of H-pyrrole nitrogens is 1. The van der Waals surface area contributed by atoms with Crippen molar-refractivity contribution in [3.05, 3.63) is 47.4 Å². The molecule has 0 spiro atoms. The quantitative estimate of drug-likeness (QED) is 0.611. The van der Waals surface area contributed by atoms with Crippen LogP contribution in [0.5, 0.6) is 0 Å². The van der Waals surface area contributed by atoms with E-state index < -0.39 is 10.0 Å². The Morgan fingerprint density at radius 3 is 2.69 bits per heavy atom. The van der Waals surface area contributed by atoms with Crippen LogP contribution < -0.4 is 10.5 Å². The van der Waals surface area contributed by atoms with E-state index in [0.717, 1.165) is 5.69 Å². The summed E-state index contributed by atoms with van der Waals surface area (Å²) in [5, 5.41) is 0.651. The summed E-state index contributed by atoms with van der Waals surface area (Å²) in [4.78, 5) is 25.5. The van der Waals surface area contributed by atoms with Crippen LogP contribution in [0.4, 0.5) is 5.69 Å². The van der Waals surface area contributed by atoms with Crippen LogP contribution in [0.15, 0.2) is 46.9 Å². The van der Waals surface area contributed by atoms with E-state index in [1.165, 1.54) is 27.7 Å². The lowest BCUT2D eigenvalue weighted by molar-refractivity contribution is 0.186. The molecular weight excluding hydrogens is 396 g/mol. The second-order valence-corrected chi connectivity index (χ2v) is 8.65. The van der Waals surface area contributed by atoms with Gasteiger partial charge < -0.3 is 14.6 Å². The SMILES string of the molecule is COCCn1cnc2cc(N3CCN(S(=O)(=O)c4cnc[nH]4)CC3)ccc2c1=O. The lowest BCUT2D eigenvalue weighted by Gasteiger charge is -2.35. The molecule has 1 aliphatic heterocycles. The number of hydrogen-bond donors (Lipinski definition) is 1. The molecule has 1 aromatic carbocycles. The predicted octanol–water partition coefficient (Wildman–Crippen LogP) is 0.277. The van der Waals surface area contributed by atoms with Gasteiger partial charge in [-0.3, -0.25) is 9.36 Å². The highest BCUT2D eigenvalue weighted by atomic mass is 32.2. The van der Waals surface area contributed by atoms with Gasteiger partial charge in [0.15, 0.2) is 5.03 Å². The average molecular weight is 418 g/mol. The first-order valence-corrected chi connectivity index (χ1v) is 10.7. The van der Waals surface area contributed by atoms with Gasteiger partial charge in [-0.05, 0) is 18.2 Å². The zero-order valence-electron chi connectivity index (χ0n) is 16.0. The molecule has 1 N–H and O–H groups in total. The molecule has 0 unspecified atom stereocenters. The van der Waals surface area contributed by atoms with E-state index in [-0.39, 0.29) is 10.6 Å². The number of piperazine rings is 1. The monoisotopic (exact) mass is 418 g/mol. The van der Waals surface area contributed by atoms with E-state index in [1.54, 1.807) is 13.2 Å². The van der Waals surface area contributed by atoms with Crippen molar-refractivity contribution >= 4 is 26.6 Å². The number of sulfonamides is 1. The summed E-state index contributed by atoms with van der Waals surface area (Å²) in [5.41, 5.74) is 1.43. The van der Waals surface area contributed by atoms with Crippen molar-refractivity contribution < 1.29 is 13.2 Å². The Morgan fingerprint density at radius 2 is 2.00 bits per heavy atom. The lowest BCUT2D eigenvalue weighted by Crippen LogP contribution is -2.48. The van der Waals surface area contributed by atoms with Crippen LogP contribution in [0.25, 0.3) is 10.9 Å². The number of nitrogens with one attached hydrogen (secondary N) is 1. The first-order valence-electron chi connectivity index (χ1n) is 9.22. The lowest BCUT2D eigenvalue weighted by atomic mass is 10.2. The molecule has 11 heteroatoms. The number of aromatic amines is 1. The van der Waals surface area contributed by atoms with Gasteiger partial charge in [0.25, 0.3) is 15.6 Å². The van der Waals surface area contributed by atoms with Crippen molar-refractivity contribution in [3.8, 4) is 0 Å². The Kier molecular flexibility index (Phi) is 5.35. The molecule has 0 amide bonds. The van der Waals surface area contributed by atoms with E-state index >= 15 is 0 Å². The summed E-state index contributed by atoms with van der Waals surface area (Å²) in [6.07, 6.45) is 4.20. The van der Waals surface area contributed by atoms with E-state index in [1.807, 2.05) is 12.1 Å². The summed E-state index contributed by atoms with van der Waals surface area (Å²) in [7, 11) is -1.97. The summed E-state index contributed by atoms with van der Waals surface area (Å²) in [6, 6.07) is 5.53. The van der Waals surface area contributed by atoms with Crippen LogP contribution >= 0.6 is 0 Å². The van der Waals surface area contributed by atoms with E-state index in [4.69, 9.17) is 4.74 Å². The van der Waals surface area contributed by atoms with Crippen molar-refractivity contribution in [2.75, 3.05) is 44.8 Å². The number of hydrogen-bond acceptors (Lipinski definition) is 7. The number of methoxy groups -OCH3 is 1. The van der Waals surface area contributed by atoms with Gasteiger partial charge in [-0.1, -0.05) is 0 Å². The van der Waals surface area contributed by atoms with Gasteiger partial charge in [0.1, 0.15) is 0 Å². The van der Waals surface area contributed by atoms with Gasteiger partial charge in [0.05, 0.1) is 42.9 Å². The molecule has 29 heavy (non-hydrogen) atoms. The Hall–Kier alpha value is -2.76. The molecule has 3 aromatic rings. The average Bonchev–Trinajstić information content (AvgIpc) is 3.29. The molecular formula is C18H22N6O4S. The largest absolute Gasteiger partial charge is 0.383 e. The highest BCUT2D eigenvalue weighted by molar-refractivity contribution is 7.89. The third-order valence-electron chi connectivity index (χ3n) is 5.04. The molecule has 1 aliphatic rings. The maximum absolute atomic E-state index is 12.6. The number of ether oxygens (including phenoxy) is 1. The summed E-state index contributed by atoms with van der Waals surface area (Å²) in [5.74, 6) is 0. The summed E-state index contributed by atoms with van der Waals surface area (Å²) < 4.78 is 33.2. The van der Waals surface area contributed by atoms with Crippen LogP contribution in [-0.2, 0) is 21.3 Å². The molecule has 154 valence electrons. The fourth-order valence-electron chi connectivity index (χ4n) is 3.40. The van der Waals surface area contributed by atoms with Gasteiger partial charge in [-0.15, -0.1) is 0 Å². The number of anilines is 1. The van der Waals surface area contributed by atoms with E-state index in [0.29, 0.717) is 50.2 Å². The molecule has 4 rings (SSSR count). The maximum Gasteiger partial charge on any atom is 0.261 e. The fraction of sp³-hybridized carbons (Fsp3) is 0.389. The van der Waals surface area contributed by atoms with Crippen LogP contribution in [-0.4, -0.2) is 72.1 Å². The van der Waals surface area contributed by atoms with Crippen LogP contribution in [0.2, 0.25) is 0 Å². The van der Waals surface area contributed by atoms with E-state index in [9.17, 15) is 13.2 Å². The van der Waals surface area contributed by atoms with Crippen molar-refractivity contribution in [1.29, 1.82) is 0 Å². The third kappa shape index (κ3) is 3.76. The zero-order chi connectivity index (χ0) is 20.4. The first-order chi connectivity index (χ1) is 14.0. The number of benzene rings is 1. The first kappa shape index (κ1) is 19.6. The van der Waals surface area contributed by atoms with Gasteiger partial charge in [0, 0.05) is 39.0 Å². The second-order valence-electron chi connectivity index (χ2n) is 6.74. The molecule has 10 nitrogen and oxygen atoms in total. The molecule has 0 bridgehead atoms. The summed E-state index contributed by atoms with van der Waals surface area (Å²) >= 11 is 0. The van der Waals surface area contributed by atoms with Crippen molar-refractivity contribution in [3.63, 3.8) is 0 Å². The van der Waals surface area contributed by atoms with Gasteiger partial charge in [-0.2, -0.15) is 4.31 Å². The molecule has 0 radical (unpaired) electrons. The number of nitrogens with zero attached hydrogens (tertiary/aromatic N) is 5. The van der Waals surface area contributed by atoms with Gasteiger partial charge in [-0.25, -0.2) is 18.4 Å². The molecule has 2 aromatic heterocycles. The highest BCUT2D eigenvalue weighted by Crippen LogP contribution is 2.22.